The van der Waals surface area contributed by atoms with Gasteiger partial charge in [-0.25, -0.2) is 9.97 Å². The second kappa shape index (κ2) is 9.28. The number of nitrogens with zero attached hydrogens (tertiary/aromatic N) is 2. The number of anilines is 2. The lowest BCUT2D eigenvalue weighted by atomic mass is 10.1. The highest BCUT2D eigenvalue weighted by molar-refractivity contribution is 5.64. The maximum absolute atomic E-state index is 5.92. The molecular weight excluding hydrogens is 334 g/mol. The minimum Gasteiger partial charge on any atom is -0.377 e. The van der Waals surface area contributed by atoms with E-state index < -0.39 is 0 Å². The van der Waals surface area contributed by atoms with Crippen molar-refractivity contribution in [2.75, 3.05) is 11.9 Å². The quantitative estimate of drug-likeness (QED) is 0.518. The Hall–Kier alpha value is -2.72. The molecule has 0 aliphatic heterocycles. The summed E-state index contributed by atoms with van der Waals surface area (Å²) in [6.07, 6.45) is 1.05. The topological polar surface area (TPSA) is 47.0 Å². The van der Waals surface area contributed by atoms with Crippen molar-refractivity contribution < 1.29 is 4.74 Å². The van der Waals surface area contributed by atoms with Gasteiger partial charge < -0.3 is 10.1 Å². The molecule has 2 aromatic carbocycles. The van der Waals surface area contributed by atoms with Gasteiger partial charge in [-0.3, -0.25) is 0 Å². The van der Waals surface area contributed by atoms with Gasteiger partial charge in [0.1, 0.15) is 5.82 Å². The number of hydrogen-bond acceptors (Lipinski definition) is 4. The fourth-order valence-electron chi connectivity index (χ4n) is 2.74. The van der Waals surface area contributed by atoms with Gasteiger partial charge in [0.05, 0.1) is 6.61 Å². The summed E-state index contributed by atoms with van der Waals surface area (Å²) in [5, 5.41) is 3.44. The molecule has 0 bridgehead atoms. The molecule has 3 rings (SSSR count). The molecule has 1 heterocycles. The Morgan fingerprint density at radius 2 is 1.59 bits per heavy atom. The van der Waals surface area contributed by atoms with Gasteiger partial charge in [-0.05, 0) is 31.4 Å². The third-order valence-corrected chi connectivity index (χ3v) is 4.37. The van der Waals surface area contributed by atoms with Gasteiger partial charge >= 0.3 is 0 Å². The normalized spacial score (nSPS) is 11.0. The SMILES string of the molecule is Cc1nc(-c2ccccc2)nc(Nc2ccccc2)c1COCCC(C)C. The molecular formula is C23H27N3O. The molecule has 0 atom stereocenters. The predicted octanol–water partition coefficient (Wildman–Crippen LogP) is 5.76. The number of rotatable bonds is 8. The van der Waals surface area contributed by atoms with Gasteiger partial charge in [-0.15, -0.1) is 0 Å². The molecule has 0 aliphatic rings. The zero-order chi connectivity index (χ0) is 19.1. The van der Waals surface area contributed by atoms with Crippen molar-refractivity contribution in [2.45, 2.75) is 33.8 Å². The number of aromatic nitrogens is 2. The highest BCUT2D eigenvalue weighted by atomic mass is 16.5. The van der Waals surface area contributed by atoms with Gasteiger partial charge in [0.15, 0.2) is 5.82 Å². The monoisotopic (exact) mass is 361 g/mol. The summed E-state index contributed by atoms with van der Waals surface area (Å²) in [6.45, 7) is 7.67. The molecule has 0 spiro atoms. The van der Waals surface area contributed by atoms with E-state index in [0.717, 1.165) is 47.2 Å². The summed E-state index contributed by atoms with van der Waals surface area (Å²) in [5.41, 5.74) is 3.94. The average Bonchev–Trinajstić information content (AvgIpc) is 2.68. The molecule has 0 radical (unpaired) electrons. The molecule has 4 heteroatoms. The maximum Gasteiger partial charge on any atom is 0.161 e. The minimum absolute atomic E-state index is 0.503. The first-order valence-electron chi connectivity index (χ1n) is 9.46. The number of benzene rings is 2. The number of ether oxygens (including phenoxy) is 1. The number of hydrogen-bond donors (Lipinski definition) is 1. The summed E-state index contributed by atoms with van der Waals surface area (Å²) in [4.78, 5) is 9.54. The van der Waals surface area contributed by atoms with Crippen LogP contribution in [0.25, 0.3) is 11.4 Å². The lowest BCUT2D eigenvalue weighted by Crippen LogP contribution is -2.08. The van der Waals surface area contributed by atoms with Crippen molar-refractivity contribution in [3.8, 4) is 11.4 Å². The van der Waals surface area contributed by atoms with Crippen LogP contribution >= 0.6 is 0 Å². The van der Waals surface area contributed by atoms with Crippen molar-refractivity contribution in [1.29, 1.82) is 0 Å². The standard InChI is InChI=1S/C23H27N3O/c1-17(2)14-15-27-16-21-18(3)24-22(19-10-6-4-7-11-19)26-23(21)25-20-12-8-5-9-13-20/h4-13,17H,14-16H2,1-3H3,(H,24,25,26). The molecule has 3 aromatic rings. The molecule has 1 aromatic heterocycles. The average molecular weight is 361 g/mol. The van der Waals surface area contributed by atoms with Crippen LogP contribution in [-0.4, -0.2) is 16.6 Å². The zero-order valence-corrected chi connectivity index (χ0v) is 16.3. The van der Waals surface area contributed by atoms with Crippen molar-refractivity contribution >= 4 is 11.5 Å². The van der Waals surface area contributed by atoms with Gasteiger partial charge in [0.25, 0.3) is 0 Å². The Balaban J connectivity index is 1.90. The Bertz CT molecular complexity index is 848. The molecule has 0 fully saturated rings. The van der Waals surface area contributed by atoms with Gasteiger partial charge in [0, 0.05) is 29.1 Å². The Labute approximate surface area is 161 Å². The van der Waals surface area contributed by atoms with E-state index in [1.807, 2.05) is 67.6 Å². The predicted molar refractivity (Wildman–Crippen MR) is 111 cm³/mol. The van der Waals surface area contributed by atoms with E-state index in [1.54, 1.807) is 0 Å². The summed E-state index contributed by atoms with van der Waals surface area (Å²) in [7, 11) is 0. The van der Waals surface area contributed by atoms with Crippen LogP contribution in [0.3, 0.4) is 0 Å². The first-order valence-corrected chi connectivity index (χ1v) is 9.46. The van der Waals surface area contributed by atoms with E-state index in [9.17, 15) is 0 Å². The number of para-hydroxylation sites is 1. The second-order valence-electron chi connectivity index (χ2n) is 7.05. The van der Waals surface area contributed by atoms with Crippen LogP contribution in [0.15, 0.2) is 60.7 Å². The fourth-order valence-corrected chi connectivity index (χ4v) is 2.74. The van der Waals surface area contributed by atoms with E-state index >= 15 is 0 Å². The van der Waals surface area contributed by atoms with Gasteiger partial charge in [0.2, 0.25) is 0 Å². The summed E-state index contributed by atoms with van der Waals surface area (Å²) >= 11 is 0. The van der Waals surface area contributed by atoms with Crippen molar-refractivity contribution in [3.63, 3.8) is 0 Å². The van der Waals surface area contributed by atoms with Crippen LogP contribution < -0.4 is 5.32 Å². The first-order chi connectivity index (χ1) is 13.1. The van der Waals surface area contributed by atoms with Gasteiger partial charge in [-0.1, -0.05) is 62.4 Å². The molecule has 0 aliphatic carbocycles. The summed E-state index contributed by atoms with van der Waals surface area (Å²) < 4.78 is 5.92. The Morgan fingerprint density at radius 1 is 0.926 bits per heavy atom. The maximum atomic E-state index is 5.92. The molecule has 0 amide bonds. The molecule has 27 heavy (non-hydrogen) atoms. The highest BCUT2D eigenvalue weighted by Crippen LogP contribution is 2.26. The van der Waals surface area contributed by atoms with Crippen LogP contribution in [0.4, 0.5) is 11.5 Å². The Morgan fingerprint density at radius 3 is 2.26 bits per heavy atom. The number of aryl methyl sites for hydroxylation is 1. The molecule has 1 N–H and O–H groups in total. The van der Waals surface area contributed by atoms with Crippen molar-refractivity contribution in [2.24, 2.45) is 5.92 Å². The Kier molecular flexibility index (Phi) is 6.55. The number of nitrogens with one attached hydrogen (secondary N) is 1. The van der Waals surface area contributed by atoms with E-state index in [2.05, 4.69) is 19.2 Å². The van der Waals surface area contributed by atoms with Crippen LogP contribution in [0, 0.1) is 12.8 Å². The highest BCUT2D eigenvalue weighted by Gasteiger charge is 2.14. The second-order valence-corrected chi connectivity index (χ2v) is 7.05. The third-order valence-electron chi connectivity index (χ3n) is 4.37. The molecule has 140 valence electrons. The largest absolute Gasteiger partial charge is 0.377 e. The van der Waals surface area contributed by atoms with E-state index in [4.69, 9.17) is 14.7 Å². The molecule has 0 unspecified atom stereocenters. The fraction of sp³-hybridized carbons (Fsp3) is 0.304. The van der Waals surface area contributed by atoms with Crippen LogP contribution in [-0.2, 0) is 11.3 Å². The first kappa shape index (κ1) is 19.1. The van der Waals surface area contributed by atoms with E-state index in [-0.39, 0.29) is 0 Å². The van der Waals surface area contributed by atoms with E-state index in [1.165, 1.54) is 0 Å². The van der Waals surface area contributed by atoms with E-state index in [0.29, 0.717) is 12.5 Å². The molecule has 4 nitrogen and oxygen atoms in total. The van der Waals surface area contributed by atoms with Crippen molar-refractivity contribution in [1.82, 2.24) is 9.97 Å². The zero-order valence-electron chi connectivity index (χ0n) is 16.3. The smallest absolute Gasteiger partial charge is 0.161 e. The van der Waals surface area contributed by atoms with Crippen molar-refractivity contribution in [3.05, 3.63) is 71.9 Å². The lowest BCUT2D eigenvalue weighted by Gasteiger charge is -2.16. The minimum atomic E-state index is 0.503. The van der Waals surface area contributed by atoms with Crippen LogP contribution in [0.5, 0.6) is 0 Å². The molecule has 0 saturated heterocycles. The van der Waals surface area contributed by atoms with Gasteiger partial charge in [-0.2, -0.15) is 0 Å². The summed E-state index contributed by atoms with van der Waals surface area (Å²) in [5.74, 6) is 2.15. The van der Waals surface area contributed by atoms with Crippen LogP contribution in [0.2, 0.25) is 0 Å². The molecule has 0 saturated carbocycles. The van der Waals surface area contributed by atoms with Crippen LogP contribution in [0.1, 0.15) is 31.5 Å². The third kappa shape index (κ3) is 5.38. The lowest BCUT2D eigenvalue weighted by molar-refractivity contribution is 0.110. The summed E-state index contributed by atoms with van der Waals surface area (Å²) in [6, 6.07) is 20.1.